The largest absolute Gasteiger partial charge is 0.461 e. The van der Waals surface area contributed by atoms with Gasteiger partial charge in [0, 0.05) is 44.3 Å². The summed E-state index contributed by atoms with van der Waals surface area (Å²) in [5, 5.41) is 0.396. The van der Waals surface area contributed by atoms with Crippen molar-refractivity contribution in [1.82, 2.24) is 0 Å². The molecule has 4 aromatic rings. The predicted octanol–water partition coefficient (Wildman–Crippen LogP) is 9.62. The van der Waals surface area contributed by atoms with Gasteiger partial charge in [-0.3, -0.25) is 4.79 Å². The lowest BCUT2D eigenvalue weighted by atomic mass is 9.75. The second-order valence-electron chi connectivity index (χ2n) is 12.7. The van der Waals surface area contributed by atoms with Crippen LogP contribution in [0.1, 0.15) is 78.4 Å². The van der Waals surface area contributed by atoms with Crippen molar-refractivity contribution in [3.8, 4) is 34.1 Å². The first-order valence-corrected chi connectivity index (χ1v) is 15.0. The first-order chi connectivity index (χ1) is 20.9. The van der Waals surface area contributed by atoms with Crippen LogP contribution in [0.2, 0.25) is 5.02 Å². The lowest BCUT2D eigenvalue weighted by molar-refractivity contribution is -0.135. The number of carbonyl (C=O) groups excluding carboxylic acids is 2. The Labute approximate surface area is 268 Å². The normalized spacial score (nSPS) is 17.6. The van der Waals surface area contributed by atoms with E-state index in [-0.39, 0.29) is 25.2 Å². The summed E-state index contributed by atoms with van der Waals surface area (Å²) in [5.74, 6) is 1.67. The van der Waals surface area contributed by atoms with Gasteiger partial charge in [0.1, 0.15) is 28.8 Å². The van der Waals surface area contributed by atoms with Crippen LogP contribution in [0.4, 0.5) is 0 Å². The lowest BCUT2D eigenvalue weighted by Gasteiger charge is -2.39. The van der Waals surface area contributed by atoms with Crippen LogP contribution in [0.15, 0.2) is 73.0 Å². The van der Waals surface area contributed by atoms with Crippen LogP contribution in [0.3, 0.4) is 0 Å². The lowest BCUT2D eigenvalue weighted by Crippen LogP contribution is -2.34. The minimum absolute atomic E-state index is 0. The first-order valence-electron chi connectivity index (χ1n) is 14.6. The van der Waals surface area contributed by atoms with Crippen molar-refractivity contribution >= 4 is 23.5 Å². The summed E-state index contributed by atoms with van der Waals surface area (Å²) >= 11 is 6.94. The van der Waals surface area contributed by atoms with E-state index in [4.69, 9.17) is 30.5 Å². The molecule has 3 aliphatic heterocycles. The van der Waals surface area contributed by atoms with Gasteiger partial charge in [0.2, 0.25) is 0 Å². The number of esters is 2. The maximum atomic E-state index is 13.6. The van der Waals surface area contributed by atoms with Gasteiger partial charge in [-0.05, 0) is 55.7 Å². The average Bonchev–Trinajstić information content (AvgIpc) is 3.28. The number of hydrogen-bond acceptors (Lipinski definition) is 6. The third-order valence-corrected chi connectivity index (χ3v) is 8.98. The second-order valence-corrected chi connectivity index (χ2v) is 13.1. The molecule has 45 heavy (non-hydrogen) atoms. The van der Waals surface area contributed by atoms with Crippen molar-refractivity contribution in [2.45, 2.75) is 60.5 Å². The predicted molar refractivity (Wildman–Crippen MR) is 175 cm³/mol. The van der Waals surface area contributed by atoms with E-state index in [0.29, 0.717) is 68.0 Å². The molecule has 7 heteroatoms. The van der Waals surface area contributed by atoms with E-state index in [1.165, 1.54) is 0 Å². The van der Waals surface area contributed by atoms with Crippen LogP contribution in [-0.4, -0.2) is 11.9 Å². The number of aryl methyl sites for hydroxylation is 2. The van der Waals surface area contributed by atoms with Crippen molar-refractivity contribution in [3.63, 3.8) is 0 Å². The minimum atomic E-state index is -1.42. The van der Waals surface area contributed by atoms with Gasteiger partial charge in [-0.2, -0.15) is 0 Å². The van der Waals surface area contributed by atoms with E-state index >= 15 is 0 Å². The van der Waals surface area contributed by atoms with Gasteiger partial charge in [-0.1, -0.05) is 82.3 Å². The fourth-order valence-electron chi connectivity index (χ4n) is 6.15. The monoisotopic (exact) mass is 622 g/mol. The summed E-state index contributed by atoms with van der Waals surface area (Å²) in [6, 6.07) is 19.1. The zero-order chi connectivity index (χ0) is 31.1. The maximum Gasteiger partial charge on any atom is 0.340 e. The highest BCUT2D eigenvalue weighted by molar-refractivity contribution is 6.32. The van der Waals surface area contributed by atoms with Gasteiger partial charge in [0.25, 0.3) is 0 Å². The van der Waals surface area contributed by atoms with Gasteiger partial charge < -0.3 is 18.9 Å². The van der Waals surface area contributed by atoms with Crippen LogP contribution in [0.25, 0.3) is 11.1 Å². The zero-order valence-corrected chi connectivity index (χ0v) is 26.0. The molecule has 3 heterocycles. The molecule has 0 amide bonds. The Morgan fingerprint density at radius 3 is 2.36 bits per heavy atom. The number of fused-ring (bicyclic) bond motifs is 7. The van der Waals surface area contributed by atoms with E-state index in [2.05, 4.69) is 6.58 Å². The minimum Gasteiger partial charge on any atom is -0.461 e. The SMILES string of the molecule is C.C=C(Oc1cc2c(cc1-c1ccc(C)cc1)C1(OC(=O)c3cccc(Cl)c31)c1cc3c(c(C)c1O2)OC(=O)CC3)C(C)(C)C. The summed E-state index contributed by atoms with van der Waals surface area (Å²) in [4.78, 5) is 25.9. The number of benzene rings is 4. The Bertz CT molecular complexity index is 1930. The highest BCUT2D eigenvalue weighted by Gasteiger charge is 2.56. The summed E-state index contributed by atoms with van der Waals surface area (Å²) < 4.78 is 25.3. The van der Waals surface area contributed by atoms with Crippen LogP contribution >= 0.6 is 11.6 Å². The number of halogens is 1. The van der Waals surface area contributed by atoms with E-state index in [1.54, 1.807) is 18.2 Å². The summed E-state index contributed by atoms with van der Waals surface area (Å²) in [6.07, 6.45) is 0.744. The molecule has 0 saturated heterocycles. The van der Waals surface area contributed by atoms with Gasteiger partial charge in [-0.25, -0.2) is 4.79 Å². The third kappa shape index (κ3) is 4.62. The van der Waals surface area contributed by atoms with E-state index in [9.17, 15) is 9.59 Å². The number of carbonyl (C=O) groups is 2. The summed E-state index contributed by atoms with van der Waals surface area (Å²) in [7, 11) is 0. The summed E-state index contributed by atoms with van der Waals surface area (Å²) in [6.45, 7) is 14.2. The van der Waals surface area contributed by atoms with Crippen molar-refractivity contribution in [2.75, 3.05) is 0 Å². The fourth-order valence-corrected chi connectivity index (χ4v) is 6.46. The standard InChI is InChI=1S/C37H31ClO6.CH4/c1-19-10-12-22(13-11-19)25-17-26-30(18-29(25)41-21(3)36(4,5)6)42-34-20(2)33-23(14-15-31(39)43-33)16-27(34)37(26)32-24(35(40)44-37)8-7-9-28(32)38;/h7-13,16-18H,3,14-15H2,1-2,4-6H3;1H4. The van der Waals surface area contributed by atoms with Gasteiger partial charge in [0.15, 0.2) is 5.60 Å². The van der Waals surface area contributed by atoms with Crippen LogP contribution in [-0.2, 0) is 21.6 Å². The second kappa shape index (κ2) is 10.5. The molecule has 1 spiro atoms. The molecule has 4 aromatic carbocycles. The Morgan fingerprint density at radius 1 is 0.911 bits per heavy atom. The molecule has 1 unspecified atom stereocenters. The molecule has 230 valence electrons. The highest BCUT2D eigenvalue weighted by Crippen LogP contribution is 2.61. The van der Waals surface area contributed by atoms with E-state index in [1.807, 2.05) is 77.1 Å². The van der Waals surface area contributed by atoms with Crippen molar-refractivity contribution in [2.24, 2.45) is 5.41 Å². The summed E-state index contributed by atoms with van der Waals surface area (Å²) in [5.41, 5.74) is 4.70. The molecule has 0 radical (unpaired) electrons. The van der Waals surface area contributed by atoms with Crippen LogP contribution in [0, 0.1) is 19.3 Å². The van der Waals surface area contributed by atoms with Crippen molar-refractivity contribution in [3.05, 3.63) is 117 Å². The van der Waals surface area contributed by atoms with Crippen LogP contribution < -0.4 is 14.2 Å². The highest BCUT2D eigenvalue weighted by atomic mass is 35.5. The van der Waals surface area contributed by atoms with Crippen LogP contribution in [0.5, 0.6) is 23.0 Å². The molecular weight excluding hydrogens is 588 g/mol. The first kappa shape index (κ1) is 30.5. The fraction of sp³-hybridized carbons (Fsp3) is 0.263. The molecular formula is C38H35ClO6. The van der Waals surface area contributed by atoms with Crippen molar-refractivity contribution < 1.29 is 28.5 Å². The molecule has 3 aliphatic rings. The third-order valence-electron chi connectivity index (χ3n) is 8.67. The molecule has 0 bridgehead atoms. The molecule has 1 atom stereocenters. The van der Waals surface area contributed by atoms with Gasteiger partial charge in [-0.15, -0.1) is 0 Å². The average molecular weight is 623 g/mol. The van der Waals surface area contributed by atoms with Crippen molar-refractivity contribution in [1.29, 1.82) is 0 Å². The molecule has 0 aliphatic carbocycles. The maximum absolute atomic E-state index is 13.6. The smallest absolute Gasteiger partial charge is 0.340 e. The number of allylic oxidation sites excluding steroid dienone is 1. The number of rotatable bonds is 3. The quantitative estimate of drug-likeness (QED) is 0.129. The Balaban J connectivity index is 0.00000357. The molecule has 6 nitrogen and oxygen atoms in total. The zero-order valence-electron chi connectivity index (χ0n) is 25.2. The van der Waals surface area contributed by atoms with Gasteiger partial charge in [0.05, 0.1) is 12.0 Å². The molecule has 0 aromatic heterocycles. The Kier molecular flexibility index (Phi) is 7.13. The molecule has 0 fully saturated rings. The molecule has 7 rings (SSSR count). The number of hydrogen-bond donors (Lipinski definition) is 0. The number of ether oxygens (including phenoxy) is 4. The molecule has 0 saturated carbocycles. The Morgan fingerprint density at radius 2 is 1.64 bits per heavy atom. The van der Waals surface area contributed by atoms with E-state index in [0.717, 1.165) is 22.3 Å². The topological polar surface area (TPSA) is 71.1 Å². The molecule has 0 N–H and O–H groups in total. The van der Waals surface area contributed by atoms with Gasteiger partial charge >= 0.3 is 11.9 Å². The van der Waals surface area contributed by atoms with E-state index < -0.39 is 11.6 Å². The Hall–Kier alpha value is -4.55.